The molecule has 0 saturated heterocycles. The zero-order valence-corrected chi connectivity index (χ0v) is 15.1. The molecule has 1 aliphatic rings. The Bertz CT molecular complexity index is 1130. The molecular formula is C26H16O2. The van der Waals surface area contributed by atoms with Crippen LogP contribution in [0.5, 0.6) is 0 Å². The second-order valence-corrected chi connectivity index (χ2v) is 6.91. The molecule has 28 heavy (non-hydrogen) atoms. The van der Waals surface area contributed by atoms with E-state index in [-0.39, 0.29) is 11.6 Å². The molecule has 0 unspecified atom stereocenters. The highest BCUT2D eigenvalue weighted by Gasteiger charge is 2.30. The van der Waals surface area contributed by atoms with Crippen molar-refractivity contribution in [3.05, 3.63) is 119 Å². The SMILES string of the molecule is O=C1c2ccc(-c3ccccc3)cc2C(=O)c2cc(-c3ccccc3)ccc21. The number of hydrogen-bond acceptors (Lipinski definition) is 2. The number of carbonyl (C=O) groups is 2. The monoisotopic (exact) mass is 360 g/mol. The first-order chi connectivity index (χ1) is 13.7. The number of ketones is 2. The lowest BCUT2D eigenvalue weighted by Gasteiger charge is -2.19. The fourth-order valence-electron chi connectivity index (χ4n) is 3.77. The van der Waals surface area contributed by atoms with Crippen LogP contribution in [0.3, 0.4) is 0 Å². The summed E-state index contributed by atoms with van der Waals surface area (Å²) >= 11 is 0. The van der Waals surface area contributed by atoms with Gasteiger partial charge in [-0.15, -0.1) is 0 Å². The Kier molecular flexibility index (Phi) is 3.77. The Morgan fingerprint density at radius 1 is 0.357 bits per heavy atom. The fraction of sp³-hybridized carbons (Fsp3) is 0. The van der Waals surface area contributed by atoms with Crippen LogP contribution < -0.4 is 0 Å². The van der Waals surface area contributed by atoms with Gasteiger partial charge >= 0.3 is 0 Å². The molecule has 4 aromatic rings. The first-order valence-corrected chi connectivity index (χ1v) is 9.21. The van der Waals surface area contributed by atoms with E-state index in [0.717, 1.165) is 22.3 Å². The van der Waals surface area contributed by atoms with Crippen LogP contribution in [0.15, 0.2) is 97.1 Å². The van der Waals surface area contributed by atoms with E-state index in [1.54, 1.807) is 12.1 Å². The summed E-state index contributed by atoms with van der Waals surface area (Å²) < 4.78 is 0. The molecule has 0 spiro atoms. The lowest BCUT2D eigenvalue weighted by atomic mass is 9.81. The molecular weight excluding hydrogens is 344 g/mol. The van der Waals surface area contributed by atoms with Crippen molar-refractivity contribution in [2.24, 2.45) is 0 Å². The number of benzene rings is 4. The summed E-state index contributed by atoms with van der Waals surface area (Å²) in [5, 5.41) is 0. The fourth-order valence-corrected chi connectivity index (χ4v) is 3.77. The first kappa shape index (κ1) is 16.4. The predicted octanol–water partition coefficient (Wildman–Crippen LogP) is 5.80. The quantitative estimate of drug-likeness (QED) is 0.399. The van der Waals surface area contributed by atoms with Crippen LogP contribution in [-0.2, 0) is 0 Å². The molecule has 132 valence electrons. The van der Waals surface area contributed by atoms with E-state index in [1.165, 1.54) is 0 Å². The maximum atomic E-state index is 13.3. The molecule has 0 heterocycles. The second kappa shape index (κ2) is 6.43. The predicted molar refractivity (Wildman–Crippen MR) is 111 cm³/mol. The first-order valence-electron chi connectivity index (χ1n) is 9.21. The van der Waals surface area contributed by atoms with Crippen molar-refractivity contribution < 1.29 is 9.59 Å². The Balaban J connectivity index is 1.64. The summed E-state index contributed by atoms with van der Waals surface area (Å²) in [5.41, 5.74) is 5.82. The number of fused-ring (bicyclic) bond motifs is 2. The molecule has 0 atom stereocenters. The minimum Gasteiger partial charge on any atom is -0.289 e. The van der Waals surface area contributed by atoms with E-state index in [4.69, 9.17) is 0 Å². The van der Waals surface area contributed by atoms with Crippen LogP contribution in [0, 0.1) is 0 Å². The van der Waals surface area contributed by atoms with E-state index >= 15 is 0 Å². The van der Waals surface area contributed by atoms with E-state index in [0.29, 0.717) is 22.3 Å². The van der Waals surface area contributed by atoms with Crippen LogP contribution in [0.2, 0.25) is 0 Å². The zero-order valence-electron chi connectivity index (χ0n) is 15.1. The molecule has 1 aliphatic carbocycles. The molecule has 0 amide bonds. The van der Waals surface area contributed by atoms with Gasteiger partial charge in [0.2, 0.25) is 0 Å². The maximum absolute atomic E-state index is 13.3. The third-order valence-electron chi connectivity index (χ3n) is 5.23. The molecule has 0 fully saturated rings. The minimum absolute atomic E-state index is 0.0937. The van der Waals surface area contributed by atoms with Gasteiger partial charge in [-0.05, 0) is 46.5 Å². The largest absolute Gasteiger partial charge is 0.289 e. The second-order valence-electron chi connectivity index (χ2n) is 6.91. The highest BCUT2D eigenvalue weighted by atomic mass is 16.1. The molecule has 0 N–H and O–H groups in total. The van der Waals surface area contributed by atoms with E-state index < -0.39 is 0 Å². The molecule has 2 nitrogen and oxygen atoms in total. The number of hydrogen-bond donors (Lipinski definition) is 0. The zero-order chi connectivity index (χ0) is 19.1. The molecule has 4 aromatic carbocycles. The van der Waals surface area contributed by atoms with Crippen molar-refractivity contribution >= 4 is 11.6 Å². The average molecular weight is 360 g/mol. The normalized spacial score (nSPS) is 12.4. The average Bonchev–Trinajstić information content (AvgIpc) is 2.78. The lowest BCUT2D eigenvalue weighted by molar-refractivity contribution is 0.0979. The standard InChI is InChI=1S/C26H16O2/c27-25-21-13-11-19(17-7-3-1-4-8-17)15-23(21)26(28)24-16-20(12-14-22(24)25)18-9-5-2-6-10-18/h1-16H. The number of carbonyl (C=O) groups excluding carboxylic acids is 2. The summed E-state index contributed by atoms with van der Waals surface area (Å²) in [7, 11) is 0. The molecule has 0 radical (unpaired) electrons. The highest BCUT2D eigenvalue weighted by molar-refractivity contribution is 6.29. The summed E-state index contributed by atoms with van der Waals surface area (Å²) in [6.45, 7) is 0. The Labute approximate surface area is 163 Å². The third kappa shape index (κ3) is 2.58. The number of rotatable bonds is 2. The van der Waals surface area contributed by atoms with Crippen LogP contribution in [0.1, 0.15) is 31.8 Å². The molecule has 0 aliphatic heterocycles. The van der Waals surface area contributed by atoms with E-state index in [2.05, 4.69) is 0 Å². The van der Waals surface area contributed by atoms with Gasteiger partial charge in [0.05, 0.1) is 0 Å². The van der Waals surface area contributed by atoms with Crippen molar-refractivity contribution in [1.82, 2.24) is 0 Å². The van der Waals surface area contributed by atoms with Gasteiger partial charge in [0.15, 0.2) is 11.6 Å². The van der Waals surface area contributed by atoms with Crippen molar-refractivity contribution in [2.75, 3.05) is 0 Å². The van der Waals surface area contributed by atoms with Crippen molar-refractivity contribution in [3.8, 4) is 22.3 Å². The Morgan fingerprint density at radius 2 is 0.750 bits per heavy atom. The summed E-state index contributed by atoms with van der Waals surface area (Å²) in [4.78, 5) is 26.3. The molecule has 0 saturated carbocycles. The van der Waals surface area contributed by atoms with Gasteiger partial charge in [0.1, 0.15) is 0 Å². The van der Waals surface area contributed by atoms with Gasteiger partial charge < -0.3 is 0 Å². The topological polar surface area (TPSA) is 34.1 Å². The van der Waals surface area contributed by atoms with Crippen LogP contribution in [0.4, 0.5) is 0 Å². The van der Waals surface area contributed by atoms with Crippen molar-refractivity contribution in [2.45, 2.75) is 0 Å². The summed E-state index contributed by atoms with van der Waals surface area (Å²) in [5.74, 6) is -0.191. The summed E-state index contributed by atoms with van der Waals surface area (Å²) in [6.07, 6.45) is 0. The van der Waals surface area contributed by atoms with Gasteiger partial charge in [0, 0.05) is 22.3 Å². The molecule has 2 heteroatoms. The van der Waals surface area contributed by atoms with Crippen LogP contribution in [-0.4, -0.2) is 11.6 Å². The van der Waals surface area contributed by atoms with Gasteiger partial charge in [-0.25, -0.2) is 0 Å². The highest BCUT2D eigenvalue weighted by Crippen LogP contribution is 2.33. The Hall–Kier alpha value is -3.78. The Morgan fingerprint density at radius 3 is 1.18 bits per heavy atom. The van der Waals surface area contributed by atoms with Crippen LogP contribution in [0.25, 0.3) is 22.3 Å². The van der Waals surface area contributed by atoms with E-state index in [1.807, 2.05) is 84.9 Å². The molecule has 5 rings (SSSR count). The van der Waals surface area contributed by atoms with Gasteiger partial charge in [-0.2, -0.15) is 0 Å². The van der Waals surface area contributed by atoms with Gasteiger partial charge in [-0.1, -0.05) is 72.8 Å². The van der Waals surface area contributed by atoms with Gasteiger partial charge in [-0.3, -0.25) is 9.59 Å². The van der Waals surface area contributed by atoms with Gasteiger partial charge in [0.25, 0.3) is 0 Å². The lowest BCUT2D eigenvalue weighted by Crippen LogP contribution is -2.21. The summed E-state index contributed by atoms with van der Waals surface area (Å²) in [6, 6.07) is 30.8. The van der Waals surface area contributed by atoms with E-state index in [9.17, 15) is 9.59 Å². The third-order valence-corrected chi connectivity index (χ3v) is 5.23. The minimum atomic E-state index is -0.0971. The maximum Gasteiger partial charge on any atom is 0.194 e. The van der Waals surface area contributed by atoms with Crippen molar-refractivity contribution in [3.63, 3.8) is 0 Å². The smallest absolute Gasteiger partial charge is 0.194 e. The molecule has 0 bridgehead atoms. The van der Waals surface area contributed by atoms with Crippen molar-refractivity contribution in [1.29, 1.82) is 0 Å². The van der Waals surface area contributed by atoms with Crippen LogP contribution >= 0.6 is 0 Å². The molecule has 0 aromatic heterocycles.